The normalized spacial score (nSPS) is 20.1. The number of hydrogen-bond acceptors (Lipinski definition) is 7. The molecule has 0 radical (unpaired) electrons. The molecule has 2 fully saturated rings. The van der Waals surface area contributed by atoms with E-state index in [-0.39, 0.29) is 5.91 Å². The first-order valence-corrected chi connectivity index (χ1v) is 15.0. The van der Waals surface area contributed by atoms with Crippen LogP contribution in [0.1, 0.15) is 47.6 Å². The number of aromatic nitrogens is 3. The van der Waals surface area contributed by atoms with Gasteiger partial charge in [-0.05, 0) is 69.0 Å². The Hall–Kier alpha value is -3.66. The fourth-order valence-electron chi connectivity index (χ4n) is 6.56. The Morgan fingerprint density at radius 2 is 1.79 bits per heavy atom. The number of benzene rings is 2. The molecule has 9 nitrogen and oxygen atoms in total. The van der Waals surface area contributed by atoms with Crippen molar-refractivity contribution in [2.75, 3.05) is 51.4 Å². The summed E-state index contributed by atoms with van der Waals surface area (Å²) in [4.78, 5) is 27.2. The Morgan fingerprint density at radius 1 is 1.05 bits per heavy atom. The average molecular weight is 588 g/mol. The van der Waals surface area contributed by atoms with Crippen molar-refractivity contribution in [1.29, 1.82) is 0 Å². The molecule has 1 amide bonds. The number of methoxy groups -OCH3 is 1. The van der Waals surface area contributed by atoms with Crippen molar-refractivity contribution >= 4 is 40.0 Å². The van der Waals surface area contributed by atoms with Crippen molar-refractivity contribution in [3.8, 4) is 16.9 Å². The van der Waals surface area contributed by atoms with Gasteiger partial charge in [-0.3, -0.25) is 9.69 Å². The zero-order valence-electron chi connectivity index (χ0n) is 24.4. The highest BCUT2D eigenvalue weighted by atomic mass is 35.5. The zero-order chi connectivity index (χ0) is 29.4. The van der Waals surface area contributed by atoms with Crippen LogP contribution in [0.15, 0.2) is 48.9 Å². The predicted molar refractivity (Wildman–Crippen MR) is 168 cm³/mol. The Labute approximate surface area is 251 Å². The standard InChI is InChI=1S/C32H38ClN7O2/c1-20-5-4-6-25(33)28(20)32(41)37-26-12-7-21(17-27(26)42-3)24-18-40(31-29(24)30(34)35-19-36-31)23-10-8-22(9-11-23)39-15-13-38(2)14-16-39/h4-7,12,17-19,22-23H,8-11,13-16H2,1-3H3,(H,37,41)(H2,34,35,36). The number of likely N-dealkylation sites (N-methyl/N-ethyl adjacent to an activating group) is 1. The van der Waals surface area contributed by atoms with E-state index >= 15 is 0 Å². The molecule has 2 aromatic carbocycles. The number of carbonyl (C=O) groups is 1. The molecule has 6 rings (SSSR count). The fourth-order valence-corrected chi connectivity index (χ4v) is 6.87. The molecule has 1 aliphatic carbocycles. The lowest BCUT2D eigenvalue weighted by molar-refractivity contribution is 0.0828. The minimum absolute atomic E-state index is 0.287. The van der Waals surface area contributed by atoms with Crippen LogP contribution in [0.5, 0.6) is 5.75 Å². The average Bonchev–Trinajstić information content (AvgIpc) is 3.39. The summed E-state index contributed by atoms with van der Waals surface area (Å²) in [6, 6.07) is 12.1. The molecule has 0 spiro atoms. The highest BCUT2D eigenvalue weighted by Gasteiger charge is 2.30. The van der Waals surface area contributed by atoms with Crippen LogP contribution in [0, 0.1) is 6.92 Å². The number of anilines is 2. The van der Waals surface area contributed by atoms with E-state index in [1.54, 1.807) is 19.5 Å². The number of amides is 1. The smallest absolute Gasteiger partial charge is 0.257 e. The molecule has 2 aromatic heterocycles. The van der Waals surface area contributed by atoms with E-state index in [9.17, 15) is 4.79 Å². The predicted octanol–water partition coefficient (Wildman–Crippen LogP) is 5.63. The lowest BCUT2D eigenvalue weighted by Gasteiger charge is -2.41. The molecule has 0 atom stereocenters. The molecule has 1 saturated heterocycles. The number of rotatable bonds is 6. The SMILES string of the molecule is COc1cc(-c2cn(C3CCC(N4CCN(C)CC4)CC3)c3ncnc(N)c23)ccc1NC(=O)c1c(C)cccc1Cl. The molecule has 3 heterocycles. The molecule has 1 saturated carbocycles. The lowest BCUT2D eigenvalue weighted by atomic mass is 9.89. The minimum Gasteiger partial charge on any atom is -0.495 e. The number of nitrogens with one attached hydrogen (secondary N) is 1. The zero-order valence-corrected chi connectivity index (χ0v) is 25.2. The van der Waals surface area contributed by atoms with Crippen LogP contribution in [0.2, 0.25) is 5.02 Å². The van der Waals surface area contributed by atoms with Gasteiger partial charge in [-0.2, -0.15) is 0 Å². The van der Waals surface area contributed by atoms with Gasteiger partial charge in [-0.25, -0.2) is 9.97 Å². The topological polar surface area (TPSA) is 102 Å². The summed E-state index contributed by atoms with van der Waals surface area (Å²) in [5, 5.41) is 4.21. The Bertz CT molecular complexity index is 1580. The van der Waals surface area contributed by atoms with Gasteiger partial charge in [-0.1, -0.05) is 29.8 Å². The Morgan fingerprint density at radius 3 is 2.50 bits per heavy atom. The number of carbonyl (C=O) groups excluding carboxylic acids is 1. The molecule has 42 heavy (non-hydrogen) atoms. The molecule has 0 unspecified atom stereocenters. The van der Waals surface area contributed by atoms with Crippen molar-refractivity contribution in [2.45, 2.75) is 44.7 Å². The molecular formula is C32H38ClN7O2. The Kier molecular flexibility index (Phi) is 8.07. The van der Waals surface area contributed by atoms with Gasteiger partial charge in [-0.15, -0.1) is 0 Å². The summed E-state index contributed by atoms with van der Waals surface area (Å²) in [5.41, 5.74) is 11.0. The third-order valence-electron chi connectivity index (χ3n) is 8.96. The molecule has 4 aromatic rings. The fraction of sp³-hybridized carbons (Fsp3) is 0.406. The van der Waals surface area contributed by atoms with E-state index in [2.05, 4.69) is 42.9 Å². The number of ether oxygens (including phenoxy) is 1. The summed E-state index contributed by atoms with van der Waals surface area (Å²) < 4.78 is 8.02. The van der Waals surface area contributed by atoms with Gasteiger partial charge in [0.2, 0.25) is 0 Å². The van der Waals surface area contributed by atoms with Crippen molar-refractivity contribution < 1.29 is 9.53 Å². The van der Waals surface area contributed by atoms with Crippen molar-refractivity contribution in [3.63, 3.8) is 0 Å². The maximum absolute atomic E-state index is 13.1. The van der Waals surface area contributed by atoms with E-state index in [0.717, 1.165) is 66.7 Å². The molecule has 3 N–H and O–H groups in total. The van der Waals surface area contributed by atoms with Crippen LogP contribution in [-0.2, 0) is 0 Å². The van der Waals surface area contributed by atoms with Crippen LogP contribution < -0.4 is 15.8 Å². The van der Waals surface area contributed by atoms with Gasteiger partial charge in [0.25, 0.3) is 5.91 Å². The number of nitrogens with zero attached hydrogens (tertiary/aromatic N) is 5. The first-order chi connectivity index (χ1) is 20.3. The highest BCUT2D eigenvalue weighted by Crippen LogP contribution is 2.41. The van der Waals surface area contributed by atoms with Crippen LogP contribution in [0.3, 0.4) is 0 Å². The molecule has 220 valence electrons. The first-order valence-electron chi connectivity index (χ1n) is 14.6. The van der Waals surface area contributed by atoms with E-state index in [0.29, 0.717) is 39.9 Å². The number of nitrogen functional groups attached to an aromatic ring is 1. The number of nitrogens with two attached hydrogens (primary N) is 1. The third kappa shape index (κ3) is 5.44. The molecule has 0 bridgehead atoms. The second kappa shape index (κ2) is 11.9. The quantitative estimate of drug-likeness (QED) is 0.301. The first kappa shape index (κ1) is 28.5. The number of piperazine rings is 1. The summed E-state index contributed by atoms with van der Waals surface area (Å²) in [6.45, 7) is 6.47. The van der Waals surface area contributed by atoms with E-state index in [1.165, 1.54) is 12.8 Å². The van der Waals surface area contributed by atoms with Crippen LogP contribution in [0.4, 0.5) is 11.5 Å². The van der Waals surface area contributed by atoms with Gasteiger partial charge in [0.05, 0.1) is 28.8 Å². The van der Waals surface area contributed by atoms with E-state index < -0.39 is 0 Å². The van der Waals surface area contributed by atoms with Crippen LogP contribution in [-0.4, -0.2) is 76.6 Å². The third-order valence-corrected chi connectivity index (χ3v) is 9.28. The summed E-state index contributed by atoms with van der Waals surface area (Å²) in [6.07, 6.45) is 8.26. The van der Waals surface area contributed by atoms with E-state index in [4.69, 9.17) is 22.1 Å². The number of aryl methyl sites for hydroxylation is 1. The molecule has 1 aliphatic heterocycles. The van der Waals surface area contributed by atoms with Gasteiger partial charge in [0.15, 0.2) is 0 Å². The number of halogens is 1. The van der Waals surface area contributed by atoms with Crippen molar-refractivity contribution in [3.05, 3.63) is 65.1 Å². The maximum atomic E-state index is 13.1. The molecule has 2 aliphatic rings. The number of hydrogen-bond donors (Lipinski definition) is 2. The van der Waals surface area contributed by atoms with Crippen molar-refractivity contribution in [1.82, 2.24) is 24.3 Å². The van der Waals surface area contributed by atoms with Crippen LogP contribution >= 0.6 is 11.6 Å². The Balaban J connectivity index is 1.27. The largest absolute Gasteiger partial charge is 0.495 e. The minimum atomic E-state index is -0.287. The van der Waals surface area contributed by atoms with Gasteiger partial charge >= 0.3 is 0 Å². The van der Waals surface area contributed by atoms with Crippen LogP contribution in [0.25, 0.3) is 22.2 Å². The maximum Gasteiger partial charge on any atom is 0.257 e. The highest BCUT2D eigenvalue weighted by molar-refractivity contribution is 6.34. The van der Waals surface area contributed by atoms with Gasteiger partial charge in [0.1, 0.15) is 23.5 Å². The summed E-state index contributed by atoms with van der Waals surface area (Å²) in [7, 11) is 3.80. The summed E-state index contributed by atoms with van der Waals surface area (Å²) >= 11 is 6.34. The lowest BCUT2D eigenvalue weighted by Crippen LogP contribution is -2.49. The van der Waals surface area contributed by atoms with Gasteiger partial charge in [0, 0.05) is 50.0 Å². The molecular weight excluding hydrogens is 550 g/mol. The second-order valence-electron chi connectivity index (χ2n) is 11.5. The van der Waals surface area contributed by atoms with E-state index in [1.807, 2.05) is 37.3 Å². The van der Waals surface area contributed by atoms with Crippen molar-refractivity contribution in [2.24, 2.45) is 0 Å². The monoisotopic (exact) mass is 587 g/mol. The summed E-state index contributed by atoms with van der Waals surface area (Å²) in [5.74, 6) is 0.700. The number of fused-ring (bicyclic) bond motifs is 1. The second-order valence-corrected chi connectivity index (χ2v) is 11.9. The van der Waals surface area contributed by atoms with Gasteiger partial charge < -0.3 is 25.3 Å². The molecule has 10 heteroatoms.